The molecule has 0 saturated carbocycles. The molecule has 0 radical (unpaired) electrons. The lowest BCUT2D eigenvalue weighted by Crippen LogP contribution is -2.36. The summed E-state index contributed by atoms with van der Waals surface area (Å²) >= 11 is 0. The van der Waals surface area contributed by atoms with Crippen LogP contribution in [-0.4, -0.2) is 38.3 Å². The van der Waals surface area contributed by atoms with Gasteiger partial charge < -0.3 is 9.05 Å². The number of hydrogen-bond donors (Lipinski definition) is 0. The molecule has 0 aliphatic carbocycles. The summed E-state index contributed by atoms with van der Waals surface area (Å²) < 4.78 is 10.8. The van der Waals surface area contributed by atoms with E-state index in [2.05, 4.69) is 52.9 Å². The van der Waals surface area contributed by atoms with E-state index in [0.717, 1.165) is 37.6 Å². The summed E-state index contributed by atoms with van der Waals surface area (Å²) in [5.74, 6) is 3.13. The summed E-state index contributed by atoms with van der Waals surface area (Å²) in [7, 11) is 0. The van der Waals surface area contributed by atoms with E-state index in [0.29, 0.717) is 11.7 Å². The molecule has 1 fully saturated rings. The minimum absolute atomic E-state index is 0.0884. The Hall–Kier alpha value is -1.76. The second-order valence-electron chi connectivity index (χ2n) is 7.40. The topological polar surface area (TPSA) is 81.1 Å². The molecule has 7 nitrogen and oxygen atoms in total. The largest absolute Gasteiger partial charge is 0.339 e. The molecule has 0 unspecified atom stereocenters. The molecule has 3 heterocycles. The Bertz CT molecular complexity index is 657. The predicted octanol–water partition coefficient (Wildman–Crippen LogP) is 3.00. The number of hydrogen-bond acceptors (Lipinski definition) is 7. The van der Waals surface area contributed by atoms with Crippen molar-refractivity contribution in [1.82, 2.24) is 25.2 Å². The van der Waals surface area contributed by atoms with Gasteiger partial charge in [-0.05, 0) is 33.2 Å². The quantitative estimate of drug-likeness (QED) is 0.860. The van der Waals surface area contributed by atoms with Crippen molar-refractivity contribution in [2.24, 2.45) is 0 Å². The van der Waals surface area contributed by atoms with Crippen molar-refractivity contribution >= 4 is 0 Å². The van der Waals surface area contributed by atoms with Crippen molar-refractivity contribution in [3.05, 3.63) is 23.4 Å². The molecular formula is C16H25N5O2. The normalized spacial score (nSPS) is 21.5. The van der Waals surface area contributed by atoms with Gasteiger partial charge in [0.15, 0.2) is 11.6 Å². The first-order valence-electron chi connectivity index (χ1n) is 8.23. The van der Waals surface area contributed by atoms with Crippen LogP contribution in [0.5, 0.6) is 0 Å². The lowest BCUT2D eigenvalue weighted by atomic mass is 9.96. The van der Waals surface area contributed by atoms with Crippen LogP contribution in [0.25, 0.3) is 0 Å². The third kappa shape index (κ3) is 3.44. The standard InChI is InChI=1S/C16H25N5O2/c1-10(13-18-15(20-22-13)16(3,4)5)21-8-6-7-12(9-21)14-17-11(2)19-23-14/h10,12H,6-9H2,1-5H3/t10-,12+/m1/s1. The molecule has 2 atom stereocenters. The van der Waals surface area contributed by atoms with E-state index >= 15 is 0 Å². The Morgan fingerprint density at radius 2 is 1.96 bits per heavy atom. The molecule has 0 amide bonds. The molecule has 0 bridgehead atoms. The van der Waals surface area contributed by atoms with Crippen LogP contribution in [0.3, 0.4) is 0 Å². The van der Waals surface area contributed by atoms with Gasteiger partial charge in [-0.3, -0.25) is 4.90 Å². The van der Waals surface area contributed by atoms with Crippen LogP contribution < -0.4 is 0 Å². The van der Waals surface area contributed by atoms with Crippen LogP contribution in [0.2, 0.25) is 0 Å². The van der Waals surface area contributed by atoms with Crippen LogP contribution in [-0.2, 0) is 5.41 Å². The van der Waals surface area contributed by atoms with Crippen LogP contribution in [0, 0.1) is 6.92 Å². The van der Waals surface area contributed by atoms with E-state index in [1.807, 2.05) is 6.92 Å². The maximum atomic E-state index is 5.50. The van der Waals surface area contributed by atoms with Gasteiger partial charge in [-0.25, -0.2) is 0 Å². The van der Waals surface area contributed by atoms with E-state index in [-0.39, 0.29) is 17.4 Å². The molecule has 1 saturated heterocycles. The van der Waals surface area contributed by atoms with E-state index in [1.54, 1.807) is 0 Å². The van der Waals surface area contributed by atoms with Crippen LogP contribution >= 0.6 is 0 Å². The van der Waals surface area contributed by atoms with Crippen molar-refractivity contribution < 1.29 is 9.05 Å². The SMILES string of the molecule is Cc1noc([C@H]2CCCN([C@H](C)c3nc(C(C)(C)C)no3)C2)n1. The Morgan fingerprint density at radius 1 is 1.17 bits per heavy atom. The number of piperidine rings is 1. The van der Waals surface area contributed by atoms with E-state index in [4.69, 9.17) is 9.05 Å². The summed E-state index contributed by atoms with van der Waals surface area (Å²) in [6.07, 6.45) is 2.17. The highest BCUT2D eigenvalue weighted by molar-refractivity contribution is 5.03. The highest BCUT2D eigenvalue weighted by Crippen LogP contribution is 2.31. The van der Waals surface area contributed by atoms with E-state index in [1.165, 1.54) is 0 Å². The monoisotopic (exact) mass is 319 g/mol. The Balaban J connectivity index is 1.72. The van der Waals surface area contributed by atoms with Gasteiger partial charge in [0.25, 0.3) is 0 Å². The van der Waals surface area contributed by atoms with Crippen molar-refractivity contribution in [3.8, 4) is 0 Å². The van der Waals surface area contributed by atoms with Crippen LogP contribution in [0.4, 0.5) is 0 Å². The minimum Gasteiger partial charge on any atom is -0.339 e. The maximum absolute atomic E-state index is 5.50. The molecule has 126 valence electrons. The first-order valence-corrected chi connectivity index (χ1v) is 8.23. The minimum atomic E-state index is -0.104. The van der Waals surface area contributed by atoms with Gasteiger partial charge in [-0.1, -0.05) is 31.1 Å². The number of nitrogens with zero attached hydrogens (tertiary/aromatic N) is 5. The second-order valence-corrected chi connectivity index (χ2v) is 7.40. The molecular weight excluding hydrogens is 294 g/mol. The molecule has 2 aromatic heterocycles. The highest BCUT2D eigenvalue weighted by atomic mass is 16.5. The van der Waals surface area contributed by atoms with Crippen molar-refractivity contribution in [2.75, 3.05) is 13.1 Å². The van der Waals surface area contributed by atoms with Gasteiger partial charge in [-0.15, -0.1) is 0 Å². The molecule has 1 aliphatic rings. The first-order chi connectivity index (χ1) is 10.8. The predicted molar refractivity (Wildman–Crippen MR) is 84.0 cm³/mol. The Kier molecular flexibility index (Phi) is 4.23. The number of aromatic nitrogens is 4. The Labute approximate surface area is 136 Å². The average molecular weight is 319 g/mol. The van der Waals surface area contributed by atoms with Crippen LogP contribution in [0.15, 0.2) is 9.05 Å². The zero-order valence-corrected chi connectivity index (χ0v) is 14.5. The van der Waals surface area contributed by atoms with Gasteiger partial charge in [0, 0.05) is 12.0 Å². The van der Waals surface area contributed by atoms with Crippen molar-refractivity contribution in [2.45, 2.75) is 64.8 Å². The summed E-state index contributed by atoms with van der Waals surface area (Å²) in [6.45, 7) is 12.1. The third-order valence-corrected chi connectivity index (χ3v) is 4.36. The summed E-state index contributed by atoms with van der Waals surface area (Å²) in [5.41, 5.74) is -0.104. The van der Waals surface area contributed by atoms with E-state index < -0.39 is 0 Å². The van der Waals surface area contributed by atoms with Crippen molar-refractivity contribution in [1.29, 1.82) is 0 Å². The fourth-order valence-corrected chi connectivity index (χ4v) is 2.90. The Morgan fingerprint density at radius 3 is 2.57 bits per heavy atom. The first kappa shape index (κ1) is 16.1. The summed E-state index contributed by atoms with van der Waals surface area (Å²) in [4.78, 5) is 11.3. The highest BCUT2D eigenvalue weighted by Gasteiger charge is 2.31. The van der Waals surface area contributed by atoms with Crippen LogP contribution in [0.1, 0.15) is 75.9 Å². The van der Waals surface area contributed by atoms with Gasteiger partial charge in [0.2, 0.25) is 11.8 Å². The lowest BCUT2D eigenvalue weighted by molar-refractivity contribution is 0.122. The second kappa shape index (κ2) is 6.03. The lowest BCUT2D eigenvalue weighted by Gasteiger charge is -2.33. The third-order valence-electron chi connectivity index (χ3n) is 4.36. The molecule has 0 aromatic carbocycles. The van der Waals surface area contributed by atoms with Gasteiger partial charge >= 0.3 is 0 Å². The molecule has 1 aliphatic heterocycles. The zero-order valence-electron chi connectivity index (χ0n) is 14.5. The fourth-order valence-electron chi connectivity index (χ4n) is 2.90. The molecule has 23 heavy (non-hydrogen) atoms. The van der Waals surface area contributed by atoms with Crippen molar-refractivity contribution in [3.63, 3.8) is 0 Å². The fraction of sp³-hybridized carbons (Fsp3) is 0.750. The molecule has 0 spiro atoms. The van der Waals surface area contributed by atoms with E-state index in [9.17, 15) is 0 Å². The molecule has 7 heteroatoms. The van der Waals surface area contributed by atoms with Gasteiger partial charge in [-0.2, -0.15) is 9.97 Å². The summed E-state index contributed by atoms with van der Waals surface area (Å²) in [6, 6.07) is 0.0884. The zero-order chi connectivity index (χ0) is 16.6. The average Bonchev–Trinajstić information content (AvgIpc) is 3.15. The number of likely N-dealkylation sites (tertiary alicyclic amines) is 1. The molecule has 2 aromatic rings. The molecule has 3 rings (SSSR count). The van der Waals surface area contributed by atoms with Gasteiger partial charge in [0.1, 0.15) is 0 Å². The van der Waals surface area contributed by atoms with Gasteiger partial charge in [0.05, 0.1) is 12.0 Å². The maximum Gasteiger partial charge on any atom is 0.243 e. The molecule has 0 N–H and O–H groups in total. The number of aryl methyl sites for hydroxylation is 1. The summed E-state index contributed by atoms with van der Waals surface area (Å²) in [5, 5.41) is 8.03. The smallest absolute Gasteiger partial charge is 0.243 e. The number of rotatable bonds is 3.